The van der Waals surface area contributed by atoms with Gasteiger partial charge in [0.1, 0.15) is 5.82 Å². The van der Waals surface area contributed by atoms with Crippen LogP contribution in [0.15, 0.2) is 75.5 Å². The number of anilines is 2. The molecule has 1 unspecified atom stereocenters. The van der Waals surface area contributed by atoms with Crippen LogP contribution in [0.5, 0.6) is 0 Å². The van der Waals surface area contributed by atoms with Gasteiger partial charge in [0, 0.05) is 22.7 Å². The molecule has 2 amide bonds. The molecule has 2 aromatic carbocycles. The number of primary amides is 1. The molecule has 3 aromatic rings. The van der Waals surface area contributed by atoms with Gasteiger partial charge in [0.2, 0.25) is 11.0 Å². The summed E-state index contributed by atoms with van der Waals surface area (Å²) >= 11 is 8.43. The molecule has 2 aliphatic rings. The summed E-state index contributed by atoms with van der Waals surface area (Å²) in [4.78, 5) is 39.1. The number of carbonyl (C=O) groups excluding carboxylic acids is 3. The molecule has 5 N–H and O–H groups in total. The van der Waals surface area contributed by atoms with E-state index in [0.29, 0.717) is 50.7 Å². The highest BCUT2D eigenvalue weighted by Crippen LogP contribution is 2.47. The summed E-state index contributed by atoms with van der Waals surface area (Å²) in [5.41, 5.74) is 14.7. The number of Topliss-reactive ketones (excluding diaryl/α,β-unsaturated/α-hetero) is 1. The second kappa shape index (κ2) is 11.5. The van der Waals surface area contributed by atoms with Crippen LogP contribution in [-0.2, 0) is 9.59 Å². The molecule has 1 aliphatic heterocycles. The highest BCUT2D eigenvalue weighted by Gasteiger charge is 2.41. The first-order chi connectivity index (χ1) is 19.3. The van der Waals surface area contributed by atoms with Crippen molar-refractivity contribution in [1.29, 1.82) is 5.26 Å². The number of nitrogens with one attached hydrogen (secondary N) is 1. The predicted octanol–water partition coefficient (Wildman–Crippen LogP) is 4.33. The summed E-state index contributed by atoms with van der Waals surface area (Å²) in [5, 5.41) is 22.2. The van der Waals surface area contributed by atoms with E-state index in [1.807, 2.05) is 0 Å². The van der Waals surface area contributed by atoms with E-state index in [1.165, 1.54) is 17.4 Å². The van der Waals surface area contributed by atoms with Crippen molar-refractivity contribution < 1.29 is 14.4 Å². The van der Waals surface area contributed by atoms with E-state index in [1.54, 1.807) is 47.4 Å². The Bertz CT molecular complexity index is 1630. The summed E-state index contributed by atoms with van der Waals surface area (Å²) < 4.78 is 0.490. The van der Waals surface area contributed by atoms with Crippen LogP contribution in [0.1, 0.15) is 41.1 Å². The number of para-hydroxylation sites is 1. The SMILES string of the molecule is N#CC1=C(N)N(c2nnc(SCC(=O)Nc3ccccc3C(N)=O)s2)C2=C(C(=O)CCC2)C1c1ccc(Cl)cc1. The Morgan fingerprint density at radius 1 is 1.18 bits per heavy atom. The molecule has 2 heterocycles. The Morgan fingerprint density at radius 3 is 2.65 bits per heavy atom. The highest BCUT2D eigenvalue weighted by molar-refractivity contribution is 8.01. The summed E-state index contributed by atoms with van der Waals surface area (Å²) in [6.07, 6.45) is 1.60. The fourth-order valence-electron chi connectivity index (χ4n) is 4.77. The quantitative estimate of drug-likeness (QED) is 0.339. The Labute approximate surface area is 242 Å². The first-order valence-electron chi connectivity index (χ1n) is 12.1. The zero-order valence-corrected chi connectivity index (χ0v) is 23.3. The molecular formula is C27H22ClN7O3S2. The van der Waals surface area contributed by atoms with Gasteiger partial charge < -0.3 is 16.8 Å². The van der Waals surface area contributed by atoms with Gasteiger partial charge in [-0.1, -0.05) is 59.0 Å². The van der Waals surface area contributed by atoms with Crippen molar-refractivity contribution in [2.45, 2.75) is 29.5 Å². The van der Waals surface area contributed by atoms with Crippen LogP contribution in [0, 0.1) is 11.3 Å². The summed E-state index contributed by atoms with van der Waals surface area (Å²) in [6, 6.07) is 15.7. The van der Waals surface area contributed by atoms with Crippen molar-refractivity contribution in [3.05, 3.63) is 87.3 Å². The number of hydrogen-bond donors (Lipinski definition) is 3. The van der Waals surface area contributed by atoms with E-state index in [2.05, 4.69) is 21.6 Å². The zero-order valence-electron chi connectivity index (χ0n) is 20.9. The van der Waals surface area contributed by atoms with E-state index in [-0.39, 0.29) is 34.4 Å². The van der Waals surface area contributed by atoms with Gasteiger partial charge in [-0.05, 0) is 42.7 Å². The third-order valence-electron chi connectivity index (χ3n) is 6.50. The first kappa shape index (κ1) is 27.4. The number of nitrogens with zero attached hydrogens (tertiary/aromatic N) is 4. The van der Waals surface area contributed by atoms with Gasteiger partial charge in [0.05, 0.1) is 34.6 Å². The largest absolute Gasteiger partial charge is 0.384 e. The van der Waals surface area contributed by atoms with Gasteiger partial charge in [-0.3, -0.25) is 19.3 Å². The molecule has 0 saturated heterocycles. The molecule has 13 heteroatoms. The van der Waals surface area contributed by atoms with Crippen molar-refractivity contribution in [3.8, 4) is 6.07 Å². The lowest BCUT2D eigenvalue weighted by molar-refractivity contribution is -0.116. The number of thioether (sulfide) groups is 1. The first-order valence-corrected chi connectivity index (χ1v) is 14.3. The van der Waals surface area contributed by atoms with E-state index in [0.717, 1.165) is 17.3 Å². The van der Waals surface area contributed by atoms with Crippen LogP contribution < -0.4 is 21.7 Å². The average molecular weight is 592 g/mol. The van der Waals surface area contributed by atoms with Crippen LogP contribution in [0.4, 0.5) is 10.8 Å². The zero-order chi connectivity index (χ0) is 28.4. The number of carbonyl (C=O) groups is 3. The average Bonchev–Trinajstić information content (AvgIpc) is 3.40. The van der Waals surface area contributed by atoms with Crippen molar-refractivity contribution in [2.75, 3.05) is 16.0 Å². The lowest BCUT2D eigenvalue weighted by Crippen LogP contribution is -2.38. The third kappa shape index (κ3) is 5.31. The fourth-order valence-corrected chi connectivity index (χ4v) is 6.57. The second-order valence-electron chi connectivity index (χ2n) is 8.97. The molecule has 0 bridgehead atoms. The van der Waals surface area contributed by atoms with Gasteiger partial charge >= 0.3 is 0 Å². The number of nitrogens with two attached hydrogens (primary N) is 2. The maximum absolute atomic E-state index is 13.2. The fraction of sp³-hybridized carbons (Fsp3) is 0.185. The Hall–Kier alpha value is -4.18. The topological polar surface area (TPSA) is 168 Å². The van der Waals surface area contributed by atoms with Crippen LogP contribution in [0.3, 0.4) is 0 Å². The molecule has 10 nitrogen and oxygen atoms in total. The molecule has 0 fully saturated rings. The van der Waals surface area contributed by atoms with Gasteiger partial charge in [0.15, 0.2) is 10.1 Å². The molecule has 5 rings (SSSR count). The number of hydrogen-bond acceptors (Lipinski definition) is 10. The number of ketones is 1. The number of amides is 2. The molecular weight excluding hydrogens is 570 g/mol. The standard InChI is InChI=1S/C27H22ClN7O3S2/c28-15-10-8-14(9-11-15)22-17(12-29)24(30)35(19-6-3-7-20(36)23(19)22)26-33-34-27(40-26)39-13-21(37)32-18-5-2-1-4-16(18)25(31)38/h1-2,4-5,8-11,22H,3,6-7,13,30H2,(H2,31,38)(H,32,37). The van der Waals surface area contributed by atoms with E-state index in [4.69, 9.17) is 23.1 Å². The number of rotatable bonds is 7. The van der Waals surface area contributed by atoms with Crippen LogP contribution >= 0.6 is 34.7 Å². The van der Waals surface area contributed by atoms with E-state index >= 15 is 0 Å². The minimum Gasteiger partial charge on any atom is -0.384 e. The summed E-state index contributed by atoms with van der Waals surface area (Å²) in [6.45, 7) is 0. The second-order valence-corrected chi connectivity index (χ2v) is 11.6. The molecule has 0 spiro atoms. The maximum atomic E-state index is 13.2. The van der Waals surface area contributed by atoms with Crippen LogP contribution in [0.2, 0.25) is 5.02 Å². The Balaban J connectivity index is 1.40. The van der Waals surface area contributed by atoms with Crippen LogP contribution in [-0.4, -0.2) is 33.5 Å². The van der Waals surface area contributed by atoms with E-state index < -0.39 is 11.8 Å². The monoisotopic (exact) mass is 591 g/mol. The molecule has 202 valence electrons. The molecule has 0 saturated carbocycles. The number of aromatic nitrogens is 2. The molecule has 1 aromatic heterocycles. The Morgan fingerprint density at radius 2 is 1.93 bits per heavy atom. The minimum atomic E-state index is -0.644. The summed E-state index contributed by atoms with van der Waals surface area (Å²) in [7, 11) is 0. The molecule has 1 atom stereocenters. The smallest absolute Gasteiger partial charge is 0.250 e. The lowest BCUT2D eigenvalue weighted by atomic mass is 9.76. The number of allylic oxidation sites excluding steroid dienone is 3. The number of nitriles is 1. The maximum Gasteiger partial charge on any atom is 0.250 e. The predicted molar refractivity (Wildman–Crippen MR) is 154 cm³/mol. The van der Waals surface area contributed by atoms with Gasteiger partial charge in [-0.2, -0.15) is 5.26 Å². The van der Waals surface area contributed by atoms with Crippen molar-refractivity contribution in [1.82, 2.24) is 10.2 Å². The van der Waals surface area contributed by atoms with Crippen molar-refractivity contribution in [2.24, 2.45) is 11.5 Å². The molecule has 0 radical (unpaired) electrons. The molecule has 40 heavy (non-hydrogen) atoms. The lowest BCUT2D eigenvalue weighted by Gasteiger charge is -2.38. The van der Waals surface area contributed by atoms with E-state index in [9.17, 15) is 19.6 Å². The van der Waals surface area contributed by atoms with Gasteiger partial charge in [-0.25, -0.2) is 0 Å². The van der Waals surface area contributed by atoms with Gasteiger partial charge in [0.25, 0.3) is 5.91 Å². The van der Waals surface area contributed by atoms with Crippen LogP contribution in [0.25, 0.3) is 0 Å². The number of benzene rings is 2. The van der Waals surface area contributed by atoms with Crippen molar-refractivity contribution >= 4 is 63.1 Å². The minimum absolute atomic E-state index is 0.00156. The summed E-state index contributed by atoms with van der Waals surface area (Å²) in [5.74, 6) is -1.46. The normalized spacial score (nSPS) is 16.9. The highest BCUT2D eigenvalue weighted by atomic mass is 35.5. The Kier molecular flexibility index (Phi) is 7.88. The van der Waals surface area contributed by atoms with Crippen molar-refractivity contribution in [3.63, 3.8) is 0 Å². The number of halogens is 1. The van der Waals surface area contributed by atoms with Gasteiger partial charge in [-0.15, -0.1) is 10.2 Å². The molecule has 1 aliphatic carbocycles. The third-order valence-corrected chi connectivity index (χ3v) is 8.79.